The maximum atomic E-state index is 13.4. The maximum Gasteiger partial charge on any atom is 0.347 e. The molecule has 0 aliphatic heterocycles. The number of hydrogen-bond acceptors (Lipinski definition) is 7. The summed E-state index contributed by atoms with van der Waals surface area (Å²) in [6.45, 7) is 11.5. The summed E-state index contributed by atoms with van der Waals surface area (Å²) in [4.78, 5) is 30.3. The van der Waals surface area contributed by atoms with Gasteiger partial charge in [0.05, 0.1) is 30.8 Å². The molecule has 0 unspecified atom stereocenters. The third kappa shape index (κ3) is 6.46. The number of nitrogens with zero attached hydrogens (tertiary/aromatic N) is 3. The second-order valence-corrected chi connectivity index (χ2v) is 9.43. The molecule has 0 radical (unpaired) electrons. The summed E-state index contributed by atoms with van der Waals surface area (Å²) in [6.07, 6.45) is 3.76. The van der Waals surface area contributed by atoms with Gasteiger partial charge in [-0.1, -0.05) is 35.9 Å². The molecule has 0 amide bonds. The van der Waals surface area contributed by atoms with Crippen LogP contribution in [0.15, 0.2) is 57.4 Å². The van der Waals surface area contributed by atoms with Gasteiger partial charge in [0.25, 0.3) is 5.56 Å². The minimum Gasteiger partial charge on any atom is -0.493 e. The second-order valence-electron chi connectivity index (χ2n) is 8.52. The molecule has 0 aliphatic carbocycles. The van der Waals surface area contributed by atoms with E-state index >= 15 is 0 Å². The number of fused-ring (bicyclic) bond motifs is 1. The Morgan fingerprint density at radius 2 is 2.00 bits per heavy atom. The topological polar surface area (TPSA) is 92.0 Å². The van der Waals surface area contributed by atoms with E-state index in [1.165, 1.54) is 11.8 Å². The molecule has 0 spiro atoms. The number of carbonyl (C=O) groups excluding carboxylic acids is 1. The summed E-state index contributed by atoms with van der Waals surface area (Å²) in [5, 5.41) is 5.02. The Morgan fingerprint density at radius 3 is 2.65 bits per heavy atom. The molecule has 0 saturated carbocycles. The summed E-state index contributed by atoms with van der Waals surface area (Å²) in [6, 6.07) is 9.03. The number of allylic oxidation sites excluding steroid dienone is 1. The smallest absolute Gasteiger partial charge is 0.347 e. The lowest BCUT2D eigenvalue weighted by Gasteiger charge is -2.19. The van der Waals surface area contributed by atoms with Crippen LogP contribution in [0.5, 0.6) is 11.5 Å². The Balaban J connectivity index is 2.10. The third-order valence-electron chi connectivity index (χ3n) is 5.86. The van der Waals surface area contributed by atoms with Crippen molar-refractivity contribution in [1.29, 1.82) is 0 Å². The molecule has 1 heterocycles. The van der Waals surface area contributed by atoms with Crippen molar-refractivity contribution in [1.82, 2.24) is 9.66 Å². The zero-order chi connectivity index (χ0) is 27.1. The van der Waals surface area contributed by atoms with Crippen molar-refractivity contribution in [2.45, 2.75) is 52.6 Å². The van der Waals surface area contributed by atoms with Gasteiger partial charge in [-0.05, 0) is 62.6 Å². The highest BCUT2D eigenvalue weighted by Gasteiger charge is 2.21. The number of methoxy groups -OCH3 is 1. The molecule has 3 rings (SSSR count). The maximum absolute atomic E-state index is 13.4. The first-order valence-electron chi connectivity index (χ1n) is 12.2. The van der Waals surface area contributed by atoms with Gasteiger partial charge in [0.2, 0.25) is 0 Å². The monoisotopic (exact) mass is 569 g/mol. The predicted octanol–water partition coefficient (Wildman–Crippen LogP) is 5.62. The number of carbonyl (C=O) groups is 1. The Morgan fingerprint density at radius 1 is 1.24 bits per heavy atom. The molecule has 2 aromatic carbocycles. The Bertz CT molecular complexity index is 1380. The first-order valence-corrected chi connectivity index (χ1v) is 12.9. The van der Waals surface area contributed by atoms with Crippen molar-refractivity contribution in [3.63, 3.8) is 0 Å². The van der Waals surface area contributed by atoms with Crippen LogP contribution in [0, 0.1) is 0 Å². The van der Waals surface area contributed by atoms with Gasteiger partial charge in [-0.15, -0.1) is 6.58 Å². The number of hydrogen-bond donors (Lipinski definition) is 0. The van der Waals surface area contributed by atoms with Crippen molar-refractivity contribution in [3.8, 4) is 11.5 Å². The fraction of sp³-hybridized carbons (Fsp3) is 0.357. The number of ether oxygens (including phenoxy) is 3. The Kier molecular flexibility index (Phi) is 9.63. The van der Waals surface area contributed by atoms with Gasteiger partial charge in [-0.25, -0.2) is 9.78 Å². The van der Waals surface area contributed by atoms with Crippen LogP contribution in [0.2, 0.25) is 0 Å². The third-order valence-corrected chi connectivity index (χ3v) is 6.35. The van der Waals surface area contributed by atoms with Gasteiger partial charge < -0.3 is 14.2 Å². The van der Waals surface area contributed by atoms with Crippen molar-refractivity contribution in [2.75, 3.05) is 13.7 Å². The highest BCUT2D eigenvalue weighted by atomic mass is 79.9. The fourth-order valence-electron chi connectivity index (χ4n) is 3.74. The van der Waals surface area contributed by atoms with Gasteiger partial charge in [0, 0.05) is 16.0 Å². The lowest BCUT2D eigenvalue weighted by Crippen LogP contribution is -2.26. The molecule has 1 aromatic heterocycles. The molecule has 0 aliphatic rings. The molecular weight excluding hydrogens is 538 g/mol. The highest BCUT2D eigenvalue weighted by molar-refractivity contribution is 9.10. The van der Waals surface area contributed by atoms with Crippen LogP contribution in [0.25, 0.3) is 10.9 Å². The molecule has 196 valence electrons. The van der Waals surface area contributed by atoms with Crippen LogP contribution in [-0.4, -0.2) is 41.7 Å². The average Bonchev–Trinajstić information content (AvgIpc) is 2.89. The summed E-state index contributed by atoms with van der Waals surface area (Å²) >= 11 is 3.43. The molecule has 0 bridgehead atoms. The minimum atomic E-state index is -0.823. The summed E-state index contributed by atoms with van der Waals surface area (Å²) in [5.74, 6) is 0.984. The van der Waals surface area contributed by atoms with Crippen LogP contribution in [0.4, 0.5) is 0 Å². The van der Waals surface area contributed by atoms with E-state index in [1.807, 2.05) is 32.0 Å². The van der Waals surface area contributed by atoms with Gasteiger partial charge in [-0.2, -0.15) is 9.78 Å². The van der Waals surface area contributed by atoms with Crippen LogP contribution in [0.3, 0.4) is 0 Å². The molecule has 0 fully saturated rings. The first kappa shape index (κ1) is 28.1. The Labute approximate surface area is 225 Å². The molecule has 8 nitrogen and oxygen atoms in total. The molecule has 2 atom stereocenters. The zero-order valence-electron chi connectivity index (χ0n) is 21.8. The predicted molar refractivity (Wildman–Crippen MR) is 149 cm³/mol. The van der Waals surface area contributed by atoms with E-state index in [2.05, 4.69) is 27.6 Å². The van der Waals surface area contributed by atoms with Crippen LogP contribution in [0.1, 0.15) is 57.0 Å². The molecule has 3 aromatic rings. The van der Waals surface area contributed by atoms with E-state index in [0.717, 1.165) is 16.5 Å². The molecule has 0 saturated heterocycles. The number of benzene rings is 2. The largest absolute Gasteiger partial charge is 0.493 e. The van der Waals surface area contributed by atoms with Crippen LogP contribution in [-0.2, 0) is 16.0 Å². The summed E-state index contributed by atoms with van der Waals surface area (Å²) < 4.78 is 18.7. The lowest BCUT2D eigenvalue weighted by molar-refractivity contribution is -0.150. The number of rotatable bonds is 11. The van der Waals surface area contributed by atoms with Crippen molar-refractivity contribution in [3.05, 3.63) is 74.8 Å². The SMILES string of the molecule is C=CCc1cc(C=Nn2c([C@H](C)CC)nc3ccc(Br)cc3c2=O)cc(OC)c1O[C@H](C)C(=O)OCC. The van der Waals surface area contributed by atoms with Crippen LogP contribution >= 0.6 is 15.9 Å². The lowest BCUT2D eigenvalue weighted by atomic mass is 10.1. The van der Waals surface area contributed by atoms with Crippen molar-refractivity contribution in [2.24, 2.45) is 5.10 Å². The molecule has 37 heavy (non-hydrogen) atoms. The first-order chi connectivity index (χ1) is 17.7. The number of aromatic nitrogens is 2. The average molecular weight is 570 g/mol. The normalized spacial score (nSPS) is 12.9. The van der Waals surface area contributed by atoms with E-state index in [1.54, 1.807) is 38.3 Å². The second kappa shape index (κ2) is 12.7. The molecule has 9 heteroatoms. The number of halogens is 1. The van der Waals surface area contributed by atoms with Gasteiger partial charge >= 0.3 is 5.97 Å². The van der Waals surface area contributed by atoms with Crippen molar-refractivity contribution < 1.29 is 19.0 Å². The molecular formula is C28H32BrN3O5. The zero-order valence-corrected chi connectivity index (χ0v) is 23.4. The minimum absolute atomic E-state index is 0.0175. The fourth-order valence-corrected chi connectivity index (χ4v) is 4.10. The highest BCUT2D eigenvalue weighted by Crippen LogP contribution is 2.34. The van der Waals surface area contributed by atoms with E-state index in [0.29, 0.717) is 40.2 Å². The standard InChI is InChI=1S/C28H32BrN3O5/c1-7-10-20-13-19(14-24(35-6)25(20)37-18(5)28(34)36-9-3)16-30-32-26(17(4)8-2)31-23-12-11-21(29)15-22(23)27(32)33/h7,11-18H,1,8-10H2,2-6H3/t17-,18-/m1/s1. The summed E-state index contributed by atoms with van der Waals surface area (Å²) in [7, 11) is 1.52. The van der Waals surface area contributed by atoms with E-state index in [4.69, 9.17) is 19.2 Å². The summed E-state index contributed by atoms with van der Waals surface area (Å²) in [5.41, 5.74) is 1.81. The quantitative estimate of drug-likeness (QED) is 0.169. The van der Waals surface area contributed by atoms with Gasteiger partial charge in [-0.3, -0.25) is 4.79 Å². The van der Waals surface area contributed by atoms with E-state index < -0.39 is 12.1 Å². The molecule has 0 N–H and O–H groups in total. The van der Waals surface area contributed by atoms with Crippen molar-refractivity contribution >= 4 is 39.0 Å². The Hall–Kier alpha value is -3.46. The van der Waals surface area contributed by atoms with E-state index in [-0.39, 0.29) is 18.1 Å². The van der Waals surface area contributed by atoms with Gasteiger partial charge in [0.1, 0.15) is 5.82 Å². The number of esters is 1. The van der Waals surface area contributed by atoms with Gasteiger partial charge in [0.15, 0.2) is 17.6 Å². The van der Waals surface area contributed by atoms with E-state index in [9.17, 15) is 9.59 Å². The van der Waals surface area contributed by atoms with Crippen LogP contribution < -0.4 is 15.0 Å².